The number of nitrogens with zero attached hydrogens (tertiary/aromatic N) is 3. The first-order valence-corrected chi connectivity index (χ1v) is 7.59. The van der Waals surface area contributed by atoms with Gasteiger partial charge in [0.05, 0.1) is 18.5 Å². The van der Waals surface area contributed by atoms with E-state index in [4.69, 9.17) is 4.74 Å². The van der Waals surface area contributed by atoms with Crippen molar-refractivity contribution in [2.45, 2.75) is 19.3 Å². The fraction of sp³-hybridized carbons (Fsp3) is 0.412. The monoisotopic (exact) mass is 299 g/mol. The number of benzene rings is 1. The minimum absolute atomic E-state index is 0.0453. The van der Waals surface area contributed by atoms with E-state index in [-0.39, 0.29) is 11.8 Å². The molecule has 0 aliphatic heterocycles. The number of hydrogen-bond acceptors (Lipinski definition) is 3. The Bertz CT molecular complexity index is 680. The molecule has 1 aliphatic rings. The zero-order chi connectivity index (χ0) is 15.7. The molecule has 22 heavy (non-hydrogen) atoms. The van der Waals surface area contributed by atoms with Crippen LogP contribution in [-0.4, -0.2) is 29.3 Å². The molecule has 0 saturated heterocycles. The Kier molecular flexibility index (Phi) is 3.88. The summed E-state index contributed by atoms with van der Waals surface area (Å²) in [5, 5.41) is 4.18. The minimum atomic E-state index is 0.0453. The largest absolute Gasteiger partial charge is 0.492 e. The first-order valence-electron chi connectivity index (χ1n) is 7.59. The molecule has 5 nitrogen and oxygen atoms in total. The molecule has 1 amide bonds. The molecule has 1 aliphatic carbocycles. The number of carbonyl (C=O) groups excluding carboxylic acids is 1. The third kappa shape index (κ3) is 2.71. The quantitative estimate of drug-likeness (QED) is 0.852. The zero-order valence-electron chi connectivity index (χ0n) is 13.2. The van der Waals surface area contributed by atoms with Crippen LogP contribution in [0, 0.1) is 5.92 Å². The van der Waals surface area contributed by atoms with Gasteiger partial charge in [0, 0.05) is 26.2 Å². The SMILES string of the molecule is CCOc1ccccc1N(C)C(=O)[C@@H]1C[C@H]1c1cnn(C)c1. The molecule has 1 fully saturated rings. The van der Waals surface area contributed by atoms with Gasteiger partial charge in [-0.15, -0.1) is 0 Å². The van der Waals surface area contributed by atoms with Crippen molar-refractivity contribution in [2.24, 2.45) is 13.0 Å². The van der Waals surface area contributed by atoms with E-state index in [0.29, 0.717) is 12.5 Å². The van der Waals surface area contributed by atoms with Gasteiger partial charge in [-0.3, -0.25) is 9.48 Å². The van der Waals surface area contributed by atoms with Crippen molar-refractivity contribution in [1.29, 1.82) is 0 Å². The Labute approximate surface area is 130 Å². The predicted octanol–water partition coefficient (Wildman–Crippen LogP) is 2.59. The van der Waals surface area contributed by atoms with Crippen LogP contribution in [0.2, 0.25) is 0 Å². The molecular weight excluding hydrogens is 278 g/mol. The van der Waals surface area contributed by atoms with E-state index in [1.165, 1.54) is 0 Å². The molecule has 0 N–H and O–H groups in total. The van der Waals surface area contributed by atoms with E-state index in [1.54, 1.807) is 9.58 Å². The summed E-state index contributed by atoms with van der Waals surface area (Å²) in [7, 11) is 3.71. The van der Waals surface area contributed by atoms with Crippen LogP contribution in [0.3, 0.4) is 0 Å². The van der Waals surface area contributed by atoms with Gasteiger partial charge in [-0.1, -0.05) is 12.1 Å². The highest BCUT2D eigenvalue weighted by molar-refractivity contribution is 5.98. The maximum absolute atomic E-state index is 12.7. The second kappa shape index (κ2) is 5.83. The van der Waals surface area contributed by atoms with Gasteiger partial charge in [-0.2, -0.15) is 5.10 Å². The van der Waals surface area contributed by atoms with Crippen LogP contribution < -0.4 is 9.64 Å². The van der Waals surface area contributed by atoms with Crippen molar-refractivity contribution in [3.63, 3.8) is 0 Å². The average molecular weight is 299 g/mol. The molecule has 1 saturated carbocycles. The molecule has 0 spiro atoms. The third-order valence-electron chi connectivity index (χ3n) is 4.12. The Balaban J connectivity index is 1.73. The summed E-state index contributed by atoms with van der Waals surface area (Å²) in [4.78, 5) is 14.4. The second-order valence-electron chi connectivity index (χ2n) is 5.69. The van der Waals surface area contributed by atoms with Gasteiger partial charge in [-0.25, -0.2) is 0 Å². The topological polar surface area (TPSA) is 47.4 Å². The fourth-order valence-electron chi connectivity index (χ4n) is 2.85. The molecule has 0 unspecified atom stereocenters. The van der Waals surface area contributed by atoms with E-state index in [2.05, 4.69) is 5.10 Å². The number of rotatable bonds is 5. The van der Waals surface area contributed by atoms with Crippen LogP contribution >= 0.6 is 0 Å². The smallest absolute Gasteiger partial charge is 0.230 e. The number of para-hydroxylation sites is 2. The molecule has 0 radical (unpaired) electrons. The minimum Gasteiger partial charge on any atom is -0.492 e. The fourth-order valence-corrected chi connectivity index (χ4v) is 2.85. The van der Waals surface area contributed by atoms with Crippen molar-refractivity contribution in [3.05, 3.63) is 42.2 Å². The predicted molar refractivity (Wildman–Crippen MR) is 85.1 cm³/mol. The van der Waals surface area contributed by atoms with Crippen LogP contribution in [0.25, 0.3) is 0 Å². The maximum Gasteiger partial charge on any atom is 0.230 e. The van der Waals surface area contributed by atoms with Gasteiger partial charge in [0.15, 0.2) is 0 Å². The van der Waals surface area contributed by atoms with Crippen LogP contribution in [0.5, 0.6) is 5.75 Å². The van der Waals surface area contributed by atoms with E-state index in [1.807, 2.05) is 57.7 Å². The lowest BCUT2D eigenvalue weighted by Crippen LogP contribution is -2.28. The standard InChI is InChI=1S/C17H21N3O2/c1-4-22-16-8-6-5-7-15(16)20(3)17(21)14-9-13(14)12-10-18-19(2)11-12/h5-8,10-11,13-14H,4,9H2,1-3H3/t13-,14+/m0/s1. The third-order valence-corrected chi connectivity index (χ3v) is 4.12. The molecule has 1 heterocycles. The van der Waals surface area contributed by atoms with Crippen LogP contribution in [-0.2, 0) is 11.8 Å². The lowest BCUT2D eigenvalue weighted by molar-refractivity contribution is -0.119. The van der Waals surface area contributed by atoms with Gasteiger partial charge >= 0.3 is 0 Å². The summed E-state index contributed by atoms with van der Waals surface area (Å²) in [6, 6.07) is 7.66. The van der Waals surface area contributed by atoms with Crippen LogP contribution in [0.15, 0.2) is 36.7 Å². The first kappa shape index (κ1) is 14.6. The maximum atomic E-state index is 12.7. The highest BCUT2D eigenvalue weighted by Gasteiger charge is 2.46. The molecular formula is C17H21N3O2. The highest BCUT2D eigenvalue weighted by Crippen LogP contribution is 2.49. The average Bonchev–Trinajstić information content (AvgIpc) is 3.21. The van der Waals surface area contributed by atoms with Gasteiger partial charge in [0.2, 0.25) is 5.91 Å². The number of aromatic nitrogens is 2. The molecule has 2 aromatic rings. The molecule has 1 aromatic heterocycles. The van der Waals surface area contributed by atoms with Crippen LogP contribution in [0.4, 0.5) is 5.69 Å². The molecule has 2 atom stereocenters. The number of aryl methyl sites for hydroxylation is 1. The Morgan fingerprint density at radius 1 is 1.45 bits per heavy atom. The van der Waals surface area contributed by atoms with Gasteiger partial charge in [0.25, 0.3) is 0 Å². The van der Waals surface area contributed by atoms with E-state index >= 15 is 0 Å². The Morgan fingerprint density at radius 3 is 2.91 bits per heavy atom. The van der Waals surface area contributed by atoms with Crippen molar-refractivity contribution in [1.82, 2.24) is 9.78 Å². The summed E-state index contributed by atoms with van der Waals surface area (Å²) in [5.74, 6) is 1.23. The number of anilines is 1. The lowest BCUT2D eigenvalue weighted by atomic mass is 10.1. The second-order valence-corrected chi connectivity index (χ2v) is 5.69. The summed E-state index contributed by atoms with van der Waals surface area (Å²) in [5.41, 5.74) is 1.97. The van der Waals surface area contributed by atoms with Gasteiger partial charge in [-0.05, 0) is 37.0 Å². The van der Waals surface area contributed by atoms with E-state index in [0.717, 1.165) is 23.4 Å². The zero-order valence-corrected chi connectivity index (χ0v) is 13.2. The number of ether oxygens (including phenoxy) is 1. The first-order chi connectivity index (χ1) is 10.6. The number of amides is 1. The van der Waals surface area contributed by atoms with Gasteiger partial charge < -0.3 is 9.64 Å². The Hall–Kier alpha value is -2.30. The molecule has 5 heteroatoms. The van der Waals surface area contributed by atoms with Gasteiger partial charge in [0.1, 0.15) is 5.75 Å². The van der Waals surface area contributed by atoms with E-state index in [9.17, 15) is 4.79 Å². The summed E-state index contributed by atoms with van der Waals surface area (Å²) in [6.07, 6.45) is 4.74. The van der Waals surface area contributed by atoms with Crippen molar-refractivity contribution in [2.75, 3.05) is 18.6 Å². The van der Waals surface area contributed by atoms with Crippen molar-refractivity contribution in [3.8, 4) is 5.75 Å². The summed E-state index contributed by atoms with van der Waals surface area (Å²) >= 11 is 0. The van der Waals surface area contributed by atoms with Crippen molar-refractivity contribution < 1.29 is 9.53 Å². The van der Waals surface area contributed by atoms with Crippen molar-refractivity contribution >= 4 is 11.6 Å². The number of hydrogen-bond donors (Lipinski definition) is 0. The normalized spacial score (nSPS) is 19.8. The Morgan fingerprint density at radius 2 is 2.23 bits per heavy atom. The summed E-state index contributed by atoms with van der Waals surface area (Å²) in [6.45, 7) is 2.53. The van der Waals surface area contributed by atoms with Crippen LogP contribution in [0.1, 0.15) is 24.8 Å². The molecule has 116 valence electrons. The lowest BCUT2D eigenvalue weighted by Gasteiger charge is -2.20. The van der Waals surface area contributed by atoms with E-state index < -0.39 is 0 Å². The molecule has 3 rings (SSSR count). The summed E-state index contributed by atoms with van der Waals surface area (Å²) < 4.78 is 7.40. The molecule has 1 aromatic carbocycles. The molecule has 0 bridgehead atoms. The number of carbonyl (C=O) groups is 1. The highest BCUT2D eigenvalue weighted by atomic mass is 16.5.